The number of hydrogen-bond donors (Lipinski definition) is 0. The summed E-state index contributed by atoms with van der Waals surface area (Å²) in [7, 11) is 0. The van der Waals surface area contributed by atoms with Gasteiger partial charge in [0.2, 0.25) is 0 Å². The van der Waals surface area contributed by atoms with E-state index in [1.807, 2.05) is 6.08 Å². The Morgan fingerprint density at radius 2 is 1.88 bits per heavy atom. The van der Waals surface area contributed by atoms with Crippen LogP contribution in [0.4, 0.5) is 0 Å². The van der Waals surface area contributed by atoms with E-state index < -0.39 is 0 Å². The standard InChI is InChI=1S/C16H21N/c1-6-12-13-10-8-9-11-15(13)17(14(12)7-2)16(3,4)5/h7-11H,2,6H2,1,3-5H3. The molecule has 0 N–H and O–H groups in total. The zero-order valence-corrected chi connectivity index (χ0v) is 11.2. The van der Waals surface area contributed by atoms with Crippen molar-refractivity contribution in [2.24, 2.45) is 0 Å². The SMILES string of the molecule is C=Cc1c(CC)c2ccccc2n1C(C)(C)C. The Morgan fingerprint density at radius 1 is 1.24 bits per heavy atom. The molecule has 0 fully saturated rings. The van der Waals surface area contributed by atoms with Gasteiger partial charge in [-0.3, -0.25) is 0 Å². The summed E-state index contributed by atoms with van der Waals surface area (Å²) in [5.41, 5.74) is 4.06. The number of rotatable bonds is 2. The smallest absolute Gasteiger partial charge is 0.0492 e. The van der Waals surface area contributed by atoms with Crippen molar-refractivity contribution in [2.45, 2.75) is 39.7 Å². The van der Waals surface area contributed by atoms with Crippen LogP contribution in [0, 0.1) is 0 Å². The highest BCUT2D eigenvalue weighted by Gasteiger charge is 2.21. The molecule has 0 radical (unpaired) electrons. The Morgan fingerprint density at radius 3 is 2.41 bits per heavy atom. The van der Waals surface area contributed by atoms with Crippen molar-refractivity contribution < 1.29 is 0 Å². The lowest BCUT2D eigenvalue weighted by Crippen LogP contribution is -2.22. The van der Waals surface area contributed by atoms with E-state index in [0.717, 1.165) is 6.42 Å². The van der Waals surface area contributed by atoms with Gasteiger partial charge in [-0.2, -0.15) is 0 Å². The second-order valence-corrected chi connectivity index (χ2v) is 5.44. The summed E-state index contributed by atoms with van der Waals surface area (Å²) in [6, 6.07) is 8.63. The Labute approximate surface area is 104 Å². The molecule has 0 aliphatic carbocycles. The minimum absolute atomic E-state index is 0.0799. The van der Waals surface area contributed by atoms with E-state index in [1.165, 1.54) is 22.2 Å². The van der Waals surface area contributed by atoms with Gasteiger partial charge in [0.15, 0.2) is 0 Å². The highest BCUT2D eigenvalue weighted by molar-refractivity contribution is 5.88. The summed E-state index contributed by atoms with van der Waals surface area (Å²) < 4.78 is 2.40. The molecule has 0 spiro atoms. The van der Waals surface area contributed by atoms with Gasteiger partial charge < -0.3 is 4.57 Å². The molecule has 0 saturated heterocycles. The molecule has 90 valence electrons. The van der Waals surface area contributed by atoms with Gasteiger partial charge >= 0.3 is 0 Å². The number of fused-ring (bicyclic) bond motifs is 1. The average molecular weight is 227 g/mol. The molecule has 0 atom stereocenters. The van der Waals surface area contributed by atoms with Crippen LogP contribution in [0.2, 0.25) is 0 Å². The third-order valence-electron chi connectivity index (χ3n) is 3.24. The van der Waals surface area contributed by atoms with Crippen LogP contribution in [0.5, 0.6) is 0 Å². The van der Waals surface area contributed by atoms with E-state index >= 15 is 0 Å². The quantitative estimate of drug-likeness (QED) is 0.706. The second kappa shape index (κ2) is 4.06. The van der Waals surface area contributed by atoms with Crippen molar-refractivity contribution >= 4 is 17.0 Å². The first-order chi connectivity index (χ1) is 8.00. The van der Waals surface area contributed by atoms with Crippen molar-refractivity contribution in [2.75, 3.05) is 0 Å². The summed E-state index contributed by atoms with van der Waals surface area (Å²) in [6.07, 6.45) is 3.04. The highest BCUT2D eigenvalue weighted by atomic mass is 15.1. The predicted molar refractivity (Wildman–Crippen MR) is 76.4 cm³/mol. The fourth-order valence-electron chi connectivity index (χ4n) is 2.64. The zero-order chi connectivity index (χ0) is 12.6. The largest absolute Gasteiger partial charge is 0.335 e. The summed E-state index contributed by atoms with van der Waals surface area (Å²) in [5, 5.41) is 1.36. The lowest BCUT2D eigenvalue weighted by atomic mass is 10.1. The third-order valence-corrected chi connectivity index (χ3v) is 3.24. The minimum atomic E-state index is 0.0799. The lowest BCUT2D eigenvalue weighted by molar-refractivity contribution is 0.408. The van der Waals surface area contributed by atoms with Crippen LogP contribution in [-0.2, 0) is 12.0 Å². The van der Waals surface area contributed by atoms with Crippen molar-refractivity contribution in [1.29, 1.82) is 0 Å². The van der Waals surface area contributed by atoms with E-state index in [0.29, 0.717) is 0 Å². The monoisotopic (exact) mass is 227 g/mol. The maximum absolute atomic E-state index is 3.99. The second-order valence-electron chi connectivity index (χ2n) is 5.44. The molecule has 17 heavy (non-hydrogen) atoms. The summed E-state index contributed by atoms with van der Waals surface area (Å²) in [5.74, 6) is 0. The average Bonchev–Trinajstić information content (AvgIpc) is 2.61. The van der Waals surface area contributed by atoms with E-state index in [9.17, 15) is 0 Å². The number of para-hydroxylation sites is 1. The lowest BCUT2D eigenvalue weighted by Gasteiger charge is -2.25. The molecule has 1 heteroatoms. The zero-order valence-electron chi connectivity index (χ0n) is 11.2. The first-order valence-corrected chi connectivity index (χ1v) is 6.26. The number of aromatic nitrogens is 1. The fraction of sp³-hybridized carbons (Fsp3) is 0.375. The molecule has 2 rings (SSSR count). The van der Waals surface area contributed by atoms with E-state index in [4.69, 9.17) is 0 Å². The number of hydrogen-bond acceptors (Lipinski definition) is 0. The minimum Gasteiger partial charge on any atom is -0.335 e. The molecular weight excluding hydrogens is 206 g/mol. The molecule has 1 heterocycles. The van der Waals surface area contributed by atoms with Gasteiger partial charge in [0.05, 0.1) is 0 Å². The first-order valence-electron chi connectivity index (χ1n) is 6.26. The molecule has 0 bridgehead atoms. The Hall–Kier alpha value is -1.50. The van der Waals surface area contributed by atoms with E-state index in [-0.39, 0.29) is 5.54 Å². The molecule has 0 unspecified atom stereocenters. The van der Waals surface area contributed by atoms with Crippen LogP contribution in [0.15, 0.2) is 30.8 Å². The molecule has 1 aromatic carbocycles. The molecule has 2 aromatic rings. The maximum atomic E-state index is 3.99. The Balaban J connectivity index is 2.94. The van der Waals surface area contributed by atoms with E-state index in [1.54, 1.807) is 0 Å². The summed E-state index contributed by atoms with van der Waals surface area (Å²) in [6.45, 7) is 12.9. The Bertz CT molecular complexity index is 553. The van der Waals surface area contributed by atoms with Crippen LogP contribution in [0.25, 0.3) is 17.0 Å². The highest BCUT2D eigenvalue weighted by Crippen LogP contribution is 2.32. The van der Waals surface area contributed by atoms with Crippen LogP contribution in [-0.4, -0.2) is 4.57 Å². The van der Waals surface area contributed by atoms with Crippen molar-refractivity contribution in [3.63, 3.8) is 0 Å². The van der Waals surface area contributed by atoms with Gasteiger partial charge in [-0.1, -0.05) is 31.7 Å². The van der Waals surface area contributed by atoms with Crippen LogP contribution in [0.1, 0.15) is 39.0 Å². The van der Waals surface area contributed by atoms with Gasteiger partial charge in [-0.05, 0) is 44.9 Å². The van der Waals surface area contributed by atoms with Gasteiger partial charge in [0.1, 0.15) is 0 Å². The molecule has 0 aliphatic heterocycles. The number of nitrogens with zero attached hydrogens (tertiary/aromatic N) is 1. The fourth-order valence-corrected chi connectivity index (χ4v) is 2.64. The van der Waals surface area contributed by atoms with Crippen molar-refractivity contribution in [3.05, 3.63) is 42.1 Å². The normalized spacial score (nSPS) is 12.0. The molecule has 1 nitrogen and oxygen atoms in total. The third kappa shape index (κ3) is 1.80. The van der Waals surface area contributed by atoms with Gasteiger partial charge in [-0.15, -0.1) is 0 Å². The molecule has 0 amide bonds. The Kier molecular flexibility index (Phi) is 2.86. The van der Waals surface area contributed by atoms with E-state index in [2.05, 4.69) is 63.1 Å². The van der Waals surface area contributed by atoms with Gasteiger partial charge in [0, 0.05) is 22.1 Å². The van der Waals surface area contributed by atoms with Crippen LogP contribution in [0.3, 0.4) is 0 Å². The maximum Gasteiger partial charge on any atom is 0.0492 e. The van der Waals surface area contributed by atoms with Crippen LogP contribution >= 0.6 is 0 Å². The number of aryl methyl sites for hydroxylation is 1. The topological polar surface area (TPSA) is 4.93 Å². The summed E-state index contributed by atoms with van der Waals surface area (Å²) >= 11 is 0. The number of benzene rings is 1. The summed E-state index contributed by atoms with van der Waals surface area (Å²) in [4.78, 5) is 0. The van der Waals surface area contributed by atoms with Crippen molar-refractivity contribution in [3.8, 4) is 0 Å². The first kappa shape index (κ1) is 12.0. The van der Waals surface area contributed by atoms with Crippen LogP contribution < -0.4 is 0 Å². The molecule has 1 aromatic heterocycles. The van der Waals surface area contributed by atoms with Crippen molar-refractivity contribution in [1.82, 2.24) is 4.57 Å². The molecule has 0 aliphatic rings. The predicted octanol–water partition coefficient (Wildman–Crippen LogP) is 4.60. The van der Waals surface area contributed by atoms with Gasteiger partial charge in [-0.25, -0.2) is 0 Å². The molecule has 0 saturated carbocycles. The van der Waals surface area contributed by atoms with Gasteiger partial charge in [0.25, 0.3) is 0 Å². The molecular formula is C16H21N.